The maximum Gasteiger partial charge on any atom is 0.175 e. The van der Waals surface area contributed by atoms with E-state index in [-0.39, 0.29) is 0 Å². The van der Waals surface area contributed by atoms with Gasteiger partial charge in [0, 0.05) is 35.5 Å². The lowest BCUT2D eigenvalue weighted by Crippen LogP contribution is -2.51. The summed E-state index contributed by atoms with van der Waals surface area (Å²) < 4.78 is 23.8. The number of hydrogen-bond acceptors (Lipinski definition) is 4. The van der Waals surface area contributed by atoms with E-state index in [4.69, 9.17) is 11.6 Å². The van der Waals surface area contributed by atoms with Gasteiger partial charge in [-0.05, 0) is 38.8 Å². The zero-order valence-corrected chi connectivity index (χ0v) is 14.3. The van der Waals surface area contributed by atoms with Crippen molar-refractivity contribution in [1.82, 2.24) is 10.4 Å². The van der Waals surface area contributed by atoms with Crippen molar-refractivity contribution in [1.29, 1.82) is 0 Å². The lowest BCUT2D eigenvalue weighted by molar-refractivity contribution is 0.0433. The van der Waals surface area contributed by atoms with E-state index in [1.807, 2.05) is 0 Å². The smallest absolute Gasteiger partial charge is 0.175 e. The Morgan fingerprint density at radius 3 is 2.48 bits per heavy atom. The van der Waals surface area contributed by atoms with Crippen LogP contribution < -0.4 is 5.43 Å². The average Bonchev–Trinajstić information content (AvgIpc) is 2.38. The molecule has 0 spiro atoms. The highest BCUT2D eigenvalue weighted by Gasteiger charge is 2.25. The van der Waals surface area contributed by atoms with Crippen LogP contribution in [-0.2, 0) is 16.4 Å². The van der Waals surface area contributed by atoms with Gasteiger partial charge < -0.3 is 0 Å². The van der Waals surface area contributed by atoms with Crippen molar-refractivity contribution in [2.75, 3.05) is 6.26 Å². The molecule has 4 nitrogen and oxygen atoms in total. The molecule has 2 rings (SSSR count). The van der Waals surface area contributed by atoms with E-state index >= 15 is 0 Å². The first-order chi connectivity index (χ1) is 9.80. The van der Waals surface area contributed by atoms with Gasteiger partial charge in [-0.25, -0.2) is 13.4 Å². The van der Waals surface area contributed by atoms with Crippen molar-refractivity contribution < 1.29 is 8.42 Å². The first kappa shape index (κ1) is 16.7. The summed E-state index contributed by atoms with van der Waals surface area (Å²) in [4.78, 5) is 0.305. The summed E-state index contributed by atoms with van der Waals surface area (Å²) in [5.74, 6) is 0. The van der Waals surface area contributed by atoms with E-state index in [0.29, 0.717) is 34.1 Å². The number of hydrogen-bond donors (Lipinski definition) is 1. The quantitative estimate of drug-likeness (QED) is 0.922. The van der Waals surface area contributed by atoms with E-state index < -0.39 is 9.84 Å². The molecule has 1 aliphatic heterocycles. The van der Waals surface area contributed by atoms with Crippen LogP contribution in [0.15, 0.2) is 23.1 Å². The largest absolute Gasteiger partial charge is 0.250 e. The molecule has 0 aliphatic carbocycles. The Kier molecular flexibility index (Phi) is 5.30. The number of hydrazine groups is 1. The average molecular weight is 331 g/mol. The van der Waals surface area contributed by atoms with Gasteiger partial charge >= 0.3 is 0 Å². The predicted molar refractivity (Wildman–Crippen MR) is 86.0 cm³/mol. The zero-order chi connectivity index (χ0) is 15.6. The molecule has 2 atom stereocenters. The second kappa shape index (κ2) is 6.65. The predicted octanol–water partition coefficient (Wildman–Crippen LogP) is 3.01. The zero-order valence-electron chi connectivity index (χ0n) is 12.8. The van der Waals surface area contributed by atoms with Gasteiger partial charge in [0.25, 0.3) is 0 Å². The molecule has 1 N–H and O–H groups in total. The summed E-state index contributed by atoms with van der Waals surface area (Å²) in [5, 5.41) is 2.71. The van der Waals surface area contributed by atoms with Crippen molar-refractivity contribution in [2.45, 2.75) is 56.6 Å². The molecule has 21 heavy (non-hydrogen) atoms. The molecule has 0 bridgehead atoms. The number of halogens is 1. The minimum Gasteiger partial charge on any atom is -0.250 e. The van der Waals surface area contributed by atoms with Crippen LogP contribution >= 0.6 is 11.6 Å². The Balaban J connectivity index is 2.20. The Hall–Kier alpha value is -0.620. The topological polar surface area (TPSA) is 49.4 Å². The lowest BCUT2D eigenvalue weighted by atomic mass is 10.00. The monoisotopic (exact) mass is 330 g/mol. The standard InChI is InChI=1S/C15H23ClN2O2S/c1-11-6-4-7-12(2)18(11)17-10-13-14(16)8-5-9-15(13)21(3,19)20/h5,8-9,11-12,17H,4,6-7,10H2,1-3H3. The van der Waals surface area contributed by atoms with Gasteiger partial charge in [0.05, 0.1) is 4.90 Å². The van der Waals surface area contributed by atoms with Crippen molar-refractivity contribution in [3.8, 4) is 0 Å². The molecule has 2 unspecified atom stereocenters. The maximum absolute atomic E-state index is 11.9. The molecule has 0 amide bonds. The minimum absolute atomic E-state index is 0.305. The molecule has 6 heteroatoms. The fraction of sp³-hybridized carbons (Fsp3) is 0.600. The van der Waals surface area contributed by atoms with Crippen LogP contribution in [0.25, 0.3) is 0 Å². The van der Waals surface area contributed by atoms with E-state index in [2.05, 4.69) is 24.3 Å². The minimum atomic E-state index is -3.28. The molecular formula is C15H23ClN2O2S. The van der Waals surface area contributed by atoms with E-state index in [1.165, 1.54) is 12.7 Å². The summed E-state index contributed by atoms with van der Waals surface area (Å²) >= 11 is 6.20. The van der Waals surface area contributed by atoms with Gasteiger partial charge in [-0.3, -0.25) is 5.43 Å². The van der Waals surface area contributed by atoms with Gasteiger partial charge in [-0.15, -0.1) is 0 Å². The summed E-state index contributed by atoms with van der Waals surface area (Å²) in [5.41, 5.74) is 4.02. The van der Waals surface area contributed by atoms with Crippen LogP contribution in [0.5, 0.6) is 0 Å². The fourth-order valence-corrected chi connectivity index (χ4v) is 4.21. The number of piperidine rings is 1. The summed E-state index contributed by atoms with van der Waals surface area (Å²) in [6.45, 7) is 4.80. The number of benzene rings is 1. The van der Waals surface area contributed by atoms with Crippen LogP contribution in [0.1, 0.15) is 38.7 Å². The van der Waals surface area contributed by atoms with Crippen molar-refractivity contribution in [2.24, 2.45) is 0 Å². The highest BCUT2D eigenvalue weighted by atomic mass is 35.5. The summed E-state index contributed by atoms with van der Waals surface area (Å²) in [7, 11) is -3.28. The van der Waals surface area contributed by atoms with Crippen LogP contribution in [0.3, 0.4) is 0 Å². The molecule has 1 aliphatic rings. The first-order valence-electron chi connectivity index (χ1n) is 7.30. The van der Waals surface area contributed by atoms with E-state index in [1.54, 1.807) is 18.2 Å². The SMILES string of the molecule is CC1CCCC(C)N1NCc1c(Cl)cccc1S(C)(=O)=O. The summed E-state index contributed by atoms with van der Waals surface area (Å²) in [6.07, 6.45) is 4.76. The van der Waals surface area contributed by atoms with Gasteiger partial charge in [-0.1, -0.05) is 24.1 Å². The number of sulfone groups is 1. The van der Waals surface area contributed by atoms with Crippen LogP contribution in [-0.4, -0.2) is 31.8 Å². The van der Waals surface area contributed by atoms with Gasteiger partial charge in [0.1, 0.15) is 0 Å². The van der Waals surface area contributed by atoms with Crippen molar-refractivity contribution >= 4 is 21.4 Å². The fourth-order valence-electron chi connectivity index (χ4n) is 2.96. The third-order valence-electron chi connectivity index (χ3n) is 4.11. The van der Waals surface area contributed by atoms with E-state index in [0.717, 1.165) is 12.8 Å². The third-order valence-corrected chi connectivity index (χ3v) is 5.64. The molecule has 0 saturated carbocycles. The summed E-state index contributed by atoms with van der Waals surface area (Å²) in [6, 6.07) is 5.90. The molecule has 1 aromatic carbocycles. The molecule has 118 valence electrons. The van der Waals surface area contributed by atoms with Crippen LogP contribution in [0.4, 0.5) is 0 Å². The molecule has 1 aromatic rings. The molecule has 1 fully saturated rings. The highest BCUT2D eigenvalue weighted by molar-refractivity contribution is 7.90. The van der Waals surface area contributed by atoms with Gasteiger partial charge in [-0.2, -0.15) is 0 Å². The van der Waals surface area contributed by atoms with Crippen LogP contribution in [0.2, 0.25) is 5.02 Å². The second-order valence-electron chi connectivity index (χ2n) is 5.86. The molecule has 1 saturated heterocycles. The molecule has 0 radical (unpaired) electrons. The number of nitrogens with zero attached hydrogens (tertiary/aromatic N) is 1. The van der Waals surface area contributed by atoms with Crippen molar-refractivity contribution in [3.05, 3.63) is 28.8 Å². The number of nitrogens with one attached hydrogen (secondary N) is 1. The molecule has 1 heterocycles. The highest BCUT2D eigenvalue weighted by Crippen LogP contribution is 2.25. The molecular weight excluding hydrogens is 308 g/mol. The maximum atomic E-state index is 11.9. The molecule has 0 aromatic heterocycles. The van der Waals surface area contributed by atoms with Gasteiger partial charge in [0.15, 0.2) is 9.84 Å². The lowest BCUT2D eigenvalue weighted by Gasteiger charge is -2.39. The Bertz CT molecular complexity index is 594. The Labute approximate surface area is 132 Å². The second-order valence-corrected chi connectivity index (χ2v) is 8.25. The Morgan fingerprint density at radius 1 is 1.29 bits per heavy atom. The normalized spacial score (nSPS) is 24.2. The van der Waals surface area contributed by atoms with Crippen molar-refractivity contribution in [3.63, 3.8) is 0 Å². The first-order valence-corrected chi connectivity index (χ1v) is 9.57. The number of rotatable bonds is 4. The van der Waals surface area contributed by atoms with Crippen LogP contribution in [0, 0.1) is 0 Å². The Morgan fingerprint density at radius 2 is 1.90 bits per heavy atom. The van der Waals surface area contributed by atoms with E-state index in [9.17, 15) is 8.42 Å². The van der Waals surface area contributed by atoms with Gasteiger partial charge in [0.2, 0.25) is 0 Å². The third kappa shape index (κ3) is 3.97.